The lowest BCUT2D eigenvalue weighted by atomic mass is 9.84. The van der Waals surface area contributed by atoms with Gasteiger partial charge in [-0.3, -0.25) is 0 Å². The van der Waals surface area contributed by atoms with Crippen LogP contribution in [0, 0.1) is 0 Å². The van der Waals surface area contributed by atoms with Crippen molar-refractivity contribution in [3.8, 4) is 44.0 Å². The Balaban J connectivity index is 1.10. The molecule has 0 bridgehead atoms. The van der Waals surface area contributed by atoms with Crippen molar-refractivity contribution in [3.63, 3.8) is 0 Å². The van der Waals surface area contributed by atoms with Crippen LogP contribution in [0.5, 0.6) is 0 Å². The average molecular weight is 725 g/mol. The first-order valence-corrected chi connectivity index (χ1v) is 19.8. The lowest BCUT2D eigenvalue weighted by molar-refractivity contribution is 0.634. The van der Waals surface area contributed by atoms with Crippen LogP contribution in [-0.4, -0.2) is 0 Å². The molecule has 0 saturated heterocycles. The number of rotatable bonds is 4. The molecule has 54 heavy (non-hydrogen) atoms. The van der Waals surface area contributed by atoms with Gasteiger partial charge in [0.25, 0.3) is 0 Å². The van der Waals surface area contributed by atoms with Crippen molar-refractivity contribution in [2.45, 2.75) is 0 Å². The maximum Gasteiger partial charge on any atom is 0.153 e. The minimum absolute atomic E-state index is 0.907. The topological polar surface area (TPSA) is 26.3 Å². The summed E-state index contributed by atoms with van der Waals surface area (Å²) in [6.45, 7) is 0. The molecule has 4 aromatic heterocycles. The molecule has 0 aliphatic carbocycles. The summed E-state index contributed by atoms with van der Waals surface area (Å²) in [5.41, 5.74) is 9.83. The molecule has 0 amide bonds. The Morgan fingerprint density at radius 2 is 1.11 bits per heavy atom. The van der Waals surface area contributed by atoms with Gasteiger partial charge in [0.15, 0.2) is 5.58 Å². The van der Waals surface area contributed by atoms with E-state index in [0.29, 0.717) is 0 Å². The Bertz CT molecular complexity index is 3390. The van der Waals surface area contributed by atoms with Gasteiger partial charge in [0.2, 0.25) is 0 Å². The number of hydrogen-bond acceptors (Lipinski definition) is 4. The molecule has 0 spiro atoms. The van der Waals surface area contributed by atoms with Crippen LogP contribution in [0.4, 0.5) is 0 Å². The highest BCUT2D eigenvalue weighted by Gasteiger charge is 2.22. The van der Waals surface area contributed by atoms with Gasteiger partial charge in [-0.05, 0) is 91.1 Å². The molecule has 252 valence electrons. The number of fused-ring (bicyclic) bond motifs is 10. The summed E-state index contributed by atoms with van der Waals surface area (Å²) in [5, 5.41) is 12.9. The second kappa shape index (κ2) is 11.5. The predicted octanol–water partition coefficient (Wildman–Crippen LogP) is 15.7. The van der Waals surface area contributed by atoms with E-state index in [1.54, 1.807) is 11.3 Å². The molecule has 0 aliphatic heterocycles. The zero-order valence-electron chi connectivity index (χ0n) is 28.8. The third-order valence-electron chi connectivity index (χ3n) is 11.0. The lowest BCUT2D eigenvalue weighted by Crippen LogP contribution is -1.91. The molecule has 0 aliphatic rings. The Labute approximate surface area is 317 Å². The first-order chi connectivity index (χ1) is 26.8. The van der Waals surface area contributed by atoms with Crippen molar-refractivity contribution >= 4 is 97.3 Å². The zero-order chi connectivity index (χ0) is 35.3. The summed E-state index contributed by atoms with van der Waals surface area (Å²) in [6, 6.07) is 59.2. The summed E-state index contributed by atoms with van der Waals surface area (Å²) in [6.07, 6.45) is 0. The van der Waals surface area contributed by atoms with Crippen LogP contribution in [0.1, 0.15) is 0 Å². The Kier molecular flexibility index (Phi) is 6.41. The van der Waals surface area contributed by atoms with E-state index in [2.05, 4.69) is 169 Å². The number of benzene rings is 8. The molecule has 0 unspecified atom stereocenters. The monoisotopic (exact) mass is 724 g/mol. The summed E-state index contributed by atoms with van der Waals surface area (Å²) < 4.78 is 15.8. The van der Waals surface area contributed by atoms with Gasteiger partial charge < -0.3 is 8.83 Å². The SMILES string of the molecule is c1cc(-c2c3ccccc3c(-c3cccc4oc5c(ccc6c7ccccc7sc65)c34)c3ccccc23)cc(-c2cccc3cc(-c4cccs4)oc23)c1. The maximum absolute atomic E-state index is 6.79. The van der Waals surface area contributed by atoms with Gasteiger partial charge in [-0.1, -0.05) is 127 Å². The molecule has 12 aromatic rings. The van der Waals surface area contributed by atoms with Crippen LogP contribution in [0.2, 0.25) is 0 Å². The molecule has 4 heteroatoms. The number of hydrogen-bond donors (Lipinski definition) is 0. The van der Waals surface area contributed by atoms with Crippen LogP contribution in [-0.2, 0) is 0 Å². The van der Waals surface area contributed by atoms with Crippen LogP contribution < -0.4 is 0 Å². The number of furan rings is 2. The summed E-state index contributed by atoms with van der Waals surface area (Å²) in [5.74, 6) is 0.907. The van der Waals surface area contributed by atoms with Crippen molar-refractivity contribution in [2.24, 2.45) is 0 Å². The summed E-state index contributed by atoms with van der Waals surface area (Å²) >= 11 is 3.51. The fourth-order valence-corrected chi connectivity index (χ4v) is 10.5. The molecule has 0 radical (unpaired) electrons. The van der Waals surface area contributed by atoms with Crippen molar-refractivity contribution in [1.29, 1.82) is 0 Å². The van der Waals surface area contributed by atoms with Crippen LogP contribution >= 0.6 is 22.7 Å². The average Bonchev–Trinajstić information content (AvgIpc) is 4.04. The highest BCUT2D eigenvalue weighted by atomic mass is 32.1. The molecular formula is C50H28O2S2. The second-order valence-electron chi connectivity index (χ2n) is 13.9. The minimum atomic E-state index is 0.907. The van der Waals surface area contributed by atoms with E-state index in [1.807, 2.05) is 11.3 Å². The molecule has 2 nitrogen and oxygen atoms in total. The fourth-order valence-electron chi connectivity index (χ4n) is 8.68. The van der Waals surface area contributed by atoms with E-state index in [9.17, 15) is 0 Å². The van der Waals surface area contributed by atoms with Gasteiger partial charge >= 0.3 is 0 Å². The lowest BCUT2D eigenvalue weighted by Gasteiger charge is -2.18. The largest absolute Gasteiger partial charge is 0.455 e. The van der Waals surface area contributed by atoms with Crippen molar-refractivity contribution in [1.82, 2.24) is 0 Å². The van der Waals surface area contributed by atoms with Gasteiger partial charge in [-0.2, -0.15) is 0 Å². The Morgan fingerprint density at radius 1 is 0.426 bits per heavy atom. The van der Waals surface area contributed by atoms with Crippen molar-refractivity contribution in [2.75, 3.05) is 0 Å². The van der Waals surface area contributed by atoms with Gasteiger partial charge in [0.05, 0.1) is 9.58 Å². The molecule has 0 saturated carbocycles. The molecule has 4 heterocycles. The Morgan fingerprint density at radius 3 is 1.91 bits per heavy atom. The highest BCUT2D eigenvalue weighted by molar-refractivity contribution is 7.26. The van der Waals surface area contributed by atoms with Gasteiger partial charge in [0.1, 0.15) is 16.9 Å². The fraction of sp³-hybridized carbons (Fsp3) is 0. The second-order valence-corrected chi connectivity index (χ2v) is 15.9. The highest BCUT2D eigenvalue weighted by Crippen LogP contribution is 2.49. The first kappa shape index (κ1) is 30.0. The molecule has 0 atom stereocenters. The van der Waals surface area contributed by atoms with Gasteiger partial charge in [-0.15, -0.1) is 22.7 Å². The third kappa shape index (κ3) is 4.32. The van der Waals surface area contributed by atoms with Gasteiger partial charge in [-0.25, -0.2) is 0 Å². The van der Waals surface area contributed by atoms with Gasteiger partial charge in [0, 0.05) is 37.2 Å². The molecular weight excluding hydrogens is 697 g/mol. The quantitative estimate of drug-likeness (QED) is 0.169. The van der Waals surface area contributed by atoms with E-state index in [4.69, 9.17) is 8.83 Å². The van der Waals surface area contributed by atoms with E-state index in [1.165, 1.54) is 64.0 Å². The third-order valence-corrected chi connectivity index (χ3v) is 13.0. The van der Waals surface area contributed by atoms with E-state index in [-0.39, 0.29) is 0 Å². The predicted molar refractivity (Wildman–Crippen MR) is 231 cm³/mol. The molecule has 0 fully saturated rings. The standard InChI is InChI=1S/C50H28O2S2/c1-3-17-36-34(15-1)45(30-12-7-11-29(27-30)32-19-8-13-31-28-42(52-48(31)32)44-23-10-26-53-44)35-16-2-4-18-37(35)46(36)39-20-9-21-41-47(39)40-25-24-38-33-14-5-6-22-43(33)54-50(38)49(40)51-41/h1-28H. The van der Waals surface area contributed by atoms with E-state index >= 15 is 0 Å². The van der Waals surface area contributed by atoms with E-state index in [0.717, 1.165) is 54.7 Å². The van der Waals surface area contributed by atoms with Crippen LogP contribution in [0.15, 0.2) is 178 Å². The summed E-state index contributed by atoms with van der Waals surface area (Å²) in [4.78, 5) is 1.14. The van der Waals surface area contributed by atoms with Crippen LogP contribution in [0.3, 0.4) is 0 Å². The minimum Gasteiger partial charge on any atom is -0.455 e. The first-order valence-electron chi connectivity index (χ1n) is 18.1. The number of thiophene rings is 2. The molecule has 12 rings (SSSR count). The molecule has 8 aromatic carbocycles. The van der Waals surface area contributed by atoms with Crippen LogP contribution in [0.25, 0.3) is 119 Å². The van der Waals surface area contributed by atoms with Crippen molar-refractivity contribution in [3.05, 3.63) is 169 Å². The van der Waals surface area contributed by atoms with E-state index < -0.39 is 0 Å². The van der Waals surface area contributed by atoms with Crippen molar-refractivity contribution < 1.29 is 8.83 Å². The summed E-state index contributed by atoms with van der Waals surface area (Å²) in [7, 11) is 0. The normalized spacial score (nSPS) is 12.1. The smallest absolute Gasteiger partial charge is 0.153 e. The maximum atomic E-state index is 6.79. The Hall–Kier alpha value is -6.46. The molecule has 0 N–H and O–H groups in total. The zero-order valence-corrected chi connectivity index (χ0v) is 30.4. The number of para-hydroxylation sites is 1.